The van der Waals surface area contributed by atoms with Crippen LogP contribution in [0.2, 0.25) is 0 Å². The zero-order valence-electron chi connectivity index (χ0n) is 20.5. The smallest absolute Gasteiger partial charge is 0.254 e. The minimum atomic E-state index is -0.555. The van der Waals surface area contributed by atoms with Crippen molar-refractivity contribution < 1.29 is 14.4 Å². The molecule has 0 aliphatic carbocycles. The summed E-state index contributed by atoms with van der Waals surface area (Å²) in [6.07, 6.45) is 1.58. The topological polar surface area (TPSA) is 64.2 Å². The second kappa shape index (κ2) is 9.82. The summed E-state index contributed by atoms with van der Waals surface area (Å²) in [5.74, 6) is 0.178. The number of likely N-dealkylation sites (tertiary alicyclic amines) is 1. The molecule has 7 nitrogen and oxygen atoms in total. The van der Waals surface area contributed by atoms with Crippen molar-refractivity contribution in [2.24, 2.45) is 0 Å². The first-order chi connectivity index (χ1) is 16.9. The molecule has 3 amide bonds. The molecule has 2 fully saturated rings. The molecule has 0 N–H and O–H groups in total. The van der Waals surface area contributed by atoms with Crippen molar-refractivity contribution >= 4 is 17.7 Å². The minimum Gasteiger partial charge on any atom is -0.343 e. The first-order valence-corrected chi connectivity index (χ1v) is 12.6. The lowest BCUT2D eigenvalue weighted by molar-refractivity contribution is -0.138. The van der Waals surface area contributed by atoms with Crippen molar-refractivity contribution in [2.75, 3.05) is 39.3 Å². The summed E-state index contributed by atoms with van der Waals surface area (Å²) in [5, 5.41) is 0. The van der Waals surface area contributed by atoms with E-state index >= 15 is 0 Å². The van der Waals surface area contributed by atoms with Crippen molar-refractivity contribution in [1.82, 2.24) is 19.6 Å². The number of piperazine rings is 1. The Labute approximate surface area is 207 Å². The first kappa shape index (κ1) is 23.5. The summed E-state index contributed by atoms with van der Waals surface area (Å²) >= 11 is 0. The third-order valence-electron chi connectivity index (χ3n) is 7.99. The number of carbonyl (C=O) groups is 3. The third kappa shape index (κ3) is 4.82. The SMILES string of the molecule is CC(=O)N1CCC(CC(=O)N2CCN(Cc3ccccc3)CC2)(N2Cc3ccccc3C2=O)CC1. The fraction of sp³-hybridized carbons (Fsp3) is 0.464. The van der Waals surface area contributed by atoms with Crippen LogP contribution in [0.4, 0.5) is 0 Å². The van der Waals surface area contributed by atoms with Crippen molar-refractivity contribution in [3.63, 3.8) is 0 Å². The number of hydrogen-bond acceptors (Lipinski definition) is 4. The summed E-state index contributed by atoms with van der Waals surface area (Å²) in [5.41, 5.74) is 2.49. The van der Waals surface area contributed by atoms with Crippen molar-refractivity contribution in [3.05, 3.63) is 71.3 Å². The van der Waals surface area contributed by atoms with Gasteiger partial charge in [-0.1, -0.05) is 48.5 Å². The Hall–Kier alpha value is -3.19. The highest BCUT2D eigenvalue weighted by molar-refractivity contribution is 5.99. The van der Waals surface area contributed by atoms with Crippen LogP contribution in [-0.4, -0.2) is 82.1 Å². The lowest BCUT2D eigenvalue weighted by Gasteiger charge is -2.48. The second-order valence-corrected chi connectivity index (χ2v) is 10.1. The van der Waals surface area contributed by atoms with Crippen LogP contribution in [0.25, 0.3) is 0 Å². The van der Waals surface area contributed by atoms with E-state index in [-0.39, 0.29) is 17.7 Å². The number of piperidine rings is 1. The average Bonchev–Trinajstić information content (AvgIpc) is 3.22. The highest BCUT2D eigenvalue weighted by Gasteiger charge is 2.47. The van der Waals surface area contributed by atoms with Gasteiger partial charge in [-0.25, -0.2) is 0 Å². The van der Waals surface area contributed by atoms with E-state index in [2.05, 4.69) is 29.2 Å². The van der Waals surface area contributed by atoms with Gasteiger partial charge in [0.1, 0.15) is 0 Å². The molecule has 0 atom stereocenters. The average molecular weight is 475 g/mol. The van der Waals surface area contributed by atoms with Crippen molar-refractivity contribution in [3.8, 4) is 0 Å². The van der Waals surface area contributed by atoms with E-state index in [9.17, 15) is 14.4 Å². The lowest BCUT2D eigenvalue weighted by atomic mass is 9.82. The zero-order chi connectivity index (χ0) is 24.4. The number of fused-ring (bicyclic) bond motifs is 1. The zero-order valence-corrected chi connectivity index (χ0v) is 20.5. The maximum absolute atomic E-state index is 13.6. The number of carbonyl (C=O) groups excluding carboxylic acids is 3. The molecule has 7 heteroatoms. The molecule has 0 spiro atoms. The summed E-state index contributed by atoms with van der Waals surface area (Å²) in [7, 11) is 0. The molecule has 35 heavy (non-hydrogen) atoms. The molecule has 2 aromatic rings. The van der Waals surface area contributed by atoms with E-state index in [0.717, 1.165) is 30.8 Å². The van der Waals surface area contributed by atoms with Crippen LogP contribution >= 0.6 is 0 Å². The van der Waals surface area contributed by atoms with Crippen LogP contribution in [0.3, 0.4) is 0 Å². The largest absolute Gasteiger partial charge is 0.343 e. The Morgan fingerprint density at radius 1 is 0.829 bits per heavy atom. The number of rotatable bonds is 5. The molecule has 0 aromatic heterocycles. The molecule has 5 rings (SSSR count). The van der Waals surface area contributed by atoms with E-state index < -0.39 is 5.54 Å². The first-order valence-electron chi connectivity index (χ1n) is 12.6. The van der Waals surface area contributed by atoms with E-state index in [0.29, 0.717) is 52.0 Å². The molecule has 184 valence electrons. The van der Waals surface area contributed by atoms with Crippen LogP contribution in [-0.2, 0) is 22.7 Å². The van der Waals surface area contributed by atoms with Gasteiger partial charge in [0.2, 0.25) is 11.8 Å². The van der Waals surface area contributed by atoms with E-state index in [1.807, 2.05) is 45.0 Å². The number of amides is 3. The quantitative estimate of drug-likeness (QED) is 0.669. The predicted molar refractivity (Wildman–Crippen MR) is 133 cm³/mol. The van der Waals surface area contributed by atoms with E-state index in [1.165, 1.54) is 5.56 Å². The lowest BCUT2D eigenvalue weighted by Crippen LogP contribution is -2.59. The highest BCUT2D eigenvalue weighted by atomic mass is 16.2. The van der Waals surface area contributed by atoms with Gasteiger partial charge in [0.05, 0.1) is 12.0 Å². The minimum absolute atomic E-state index is 0.0114. The monoisotopic (exact) mass is 474 g/mol. The van der Waals surface area contributed by atoms with Gasteiger partial charge in [0, 0.05) is 64.8 Å². The second-order valence-electron chi connectivity index (χ2n) is 10.1. The van der Waals surface area contributed by atoms with Crippen LogP contribution in [0, 0.1) is 0 Å². The Balaban J connectivity index is 1.27. The summed E-state index contributed by atoms with van der Waals surface area (Å²) in [4.78, 5) is 47.1. The normalized spacial score (nSPS) is 20.1. The standard InChI is InChI=1S/C28H34N4O3/c1-22(33)30-13-11-28(12-14-30,32-21-24-9-5-6-10-25(24)27(32)35)19-26(34)31-17-15-29(16-18-31)20-23-7-3-2-4-8-23/h2-10H,11-21H2,1H3. The Morgan fingerprint density at radius 3 is 2.14 bits per heavy atom. The third-order valence-corrected chi connectivity index (χ3v) is 7.99. The van der Waals surface area contributed by atoms with Gasteiger partial charge in [-0.05, 0) is 30.0 Å². The van der Waals surface area contributed by atoms with Crippen LogP contribution in [0.1, 0.15) is 47.7 Å². The summed E-state index contributed by atoms with van der Waals surface area (Å²) < 4.78 is 0. The highest BCUT2D eigenvalue weighted by Crippen LogP contribution is 2.39. The summed E-state index contributed by atoms with van der Waals surface area (Å²) in [6, 6.07) is 18.2. The van der Waals surface area contributed by atoms with Crippen molar-refractivity contribution in [1.29, 1.82) is 0 Å². The van der Waals surface area contributed by atoms with Gasteiger partial charge in [-0.15, -0.1) is 0 Å². The van der Waals surface area contributed by atoms with Gasteiger partial charge in [-0.2, -0.15) is 0 Å². The molecular formula is C28H34N4O3. The fourth-order valence-electron chi connectivity index (χ4n) is 5.81. The van der Waals surface area contributed by atoms with Gasteiger partial charge >= 0.3 is 0 Å². The molecule has 3 aliphatic rings. The molecule has 0 radical (unpaired) electrons. The molecule has 2 saturated heterocycles. The number of benzene rings is 2. The molecule has 2 aromatic carbocycles. The molecule has 0 unspecified atom stereocenters. The molecule has 3 heterocycles. The molecule has 0 bridgehead atoms. The van der Waals surface area contributed by atoms with Gasteiger partial charge in [-0.3, -0.25) is 19.3 Å². The van der Waals surface area contributed by atoms with Gasteiger partial charge in [0.25, 0.3) is 5.91 Å². The van der Waals surface area contributed by atoms with Gasteiger partial charge < -0.3 is 14.7 Å². The number of nitrogens with zero attached hydrogens (tertiary/aromatic N) is 4. The Kier molecular flexibility index (Phi) is 6.60. The fourth-order valence-corrected chi connectivity index (χ4v) is 5.81. The van der Waals surface area contributed by atoms with Gasteiger partial charge in [0.15, 0.2) is 0 Å². The van der Waals surface area contributed by atoms with Crippen molar-refractivity contribution in [2.45, 2.75) is 44.8 Å². The van der Waals surface area contributed by atoms with E-state index in [4.69, 9.17) is 0 Å². The predicted octanol–water partition coefficient (Wildman–Crippen LogP) is 2.76. The van der Waals surface area contributed by atoms with Crippen LogP contribution in [0.5, 0.6) is 0 Å². The van der Waals surface area contributed by atoms with Crippen LogP contribution in [0.15, 0.2) is 54.6 Å². The van der Waals surface area contributed by atoms with Crippen LogP contribution < -0.4 is 0 Å². The summed E-state index contributed by atoms with van der Waals surface area (Å²) in [6.45, 7) is 7.28. The Morgan fingerprint density at radius 2 is 1.49 bits per heavy atom. The number of hydrogen-bond donors (Lipinski definition) is 0. The Bertz CT molecular complexity index is 1090. The van der Waals surface area contributed by atoms with E-state index in [1.54, 1.807) is 6.92 Å². The molecule has 3 aliphatic heterocycles. The molecular weight excluding hydrogens is 440 g/mol. The maximum atomic E-state index is 13.6. The maximum Gasteiger partial charge on any atom is 0.254 e. The molecule has 0 saturated carbocycles.